The highest BCUT2D eigenvalue weighted by Gasteiger charge is 2.01. The van der Waals surface area contributed by atoms with E-state index in [9.17, 15) is 0 Å². The summed E-state index contributed by atoms with van der Waals surface area (Å²) in [5, 5.41) is 7.46. The molecule has 2 N–H and O–H groups in total. The van der Waals surface area contributed by atoms with Crippen LogP contribution in [0.3, 0.4) is 0 Å². The van der Waals surface area contributed by atoms with Gasteiger partial charge in [-0.3, -0.25) is 0 Å². The van der Waals surface area contributed by atoms with Crippen LogP contribution in [0.1, 0.15) is 0 Å². The molecule has 0 unspecified atom stereocenters. The van der Waals surface area contributed by atoms with Gasteiger partial charge in [-0.1, -0.05) is 0 Å². The monoisotopic (exact) mass is 124 g/mol. The average molecular weight is 124 g/mol. The van der Waals surface area contributed by atoms with Gasteiger partial charge in [0.05, 0.1) is 6.20 Å². The van der Waals surface area contributed by atoms with Crippen LogP contribution >= 0.6 is 0 Å². The molecule has 46 valence electrons. The Bertz CT molecular complexity index is 322. The lowest BCUT2D eigenvalue weighted by molar-refractivity contribution is 0.601. The maximum atomic E-state index is 5.40. The van der Waals surface area contributed by atoms with E-state index in [-0.39, 0.29) is 0 Å². The molecule has 2 aromatic rings. The van der Waals surface area contributed by atoms with Gasteiger partial charge in [0.25, 0.3) is 5.71 Å². The zero-order valence-electron chi connectivity index (χ0n) is 4.48. The Morgan fingerprint density at radius 1 is 1.56 bits per heavy atom. The smallest absolute Gasteiger partial charge is 0.264 e. The number of hydrogen-bond donors (Lipinski definition) is 1. The molecule has 2 heterocycles. The van der Waals surface area contributed by atoms with Gasteiger partial charge in [0.1, 0.15) is 5.69 Å². The zero-order chi connectivity index (χ0) is 6.27. The molecule has 5 heteroatoms. The fraction of sp³-hybridized carbons (Fsp3) is 0. The molecule has 0 aliphatic rings. The van der Waals surface area contributed by atoms with Crippen molar-refractivity contribution in [3.05, 3.63) is 12.6 Å². The molecule has 5 nitrogen and oxygen atoms in total. The number of aromatic nitrogens is 3. The summed E-state index contributed by atoms with van der Waals surface area (Å²) in [6.45, 7) is 0. The summed E-state index contributed by atoms with van der Waals surface area (Å²) < 4.78 is 6.18. The number of fused-ring (bicyclic) bond motifs is 1. The van der Waals surface area contributed by atoms with Crippen molar-refractivity contribution in [2.24, 2.45) is 0 Å². The van der Waals surface area contributed by atoms with Crippen LogP contribution in [0.25, 0.3) is 5.71 Å². The van der Waals surface area contributed by atoms with E-state index >= 15 is 0 Å². The van der Waals surface area contributed by atoms with Gasteiger partial charge in [-0.2, -0.15) is 5.10 Å². The van der Waals surface area contributed by atoms with Crippen LogP contribution in [0.2, 0.25) is 0 Å². The Balaban J connectivity index is 2.99. The molecule has 0 saturated carbocycles. The van der Waals surface area contributed by atoms with E-state index in [0.717, 1.165) is 0 Å². The fourth-order valence-electron chi connectivity index (χ4n) is 0.656. The van der Waals surface area contributed by atoms with Crippen molar-refractivity contribution >= 4 is 11.4 Å². The highest BCUT2D eigenvalue weighted by molar-refractivity contribution is 5.59. The second-order valence-corrected chi connectivity index (χ2v) is 1.63. The molecule has 9 heavy (non-hydrogen) atoms. The Morgan fingerprint density at radius 2 is 2.44 bits per heavy atom. The Morgan fingerprint density at radius 3 is 3.22 bits per heavy atom. The maximum absolute atomic E-state index is 5.40. The van der Waals surface area contributed by atoms with E-state index < -0.39 is 0 Å². The lowest BCUT2D eigenvalue weighted by Crippen LogP contribution is -1.83. The number of rotatable bonds is 0. The first-order chi connectivity index (χ1) is 4.38. The molecule has 0 fully saturated rings. The van der Waals surface area contributed by atoms with Gasteiger partial charge in [-0.25, -0.2) is 0 Å². The molecular weight excluding hydrogens is 120 g/mol. The van der Waals surface area contributed by atoms with Crippen molar-refractivity contribution < 1.29 is 4.42 Å². The molecule has 0 atom stereocenters. The van der Waals surface area contributed by atoms with E-state index in [1.54, 1.807) is 0 Å². The number of anilines is 1. The highest BCUT2D eigenvalue weighted by Crippen LogP contribution is 2.09. The van der Waals surface area contributed by atoms with E-state index in [1.165, 1.54) is 17.2 Å². The summed E-state index contributed by atoms with van der Waals surface area (Å²) in [5.41, 5.74) is 6.41. The predicted octanol–water partition coefficient (Wildman–Crippen LogP) is -0.0955. The molecule has 0 aromatic carbocycles. The molecular formula is C4H4N4O. The second kappa shape index (κ2) is 1.25. The molecule has 0 bridgehead atoms. The molecule has 2 rings (SSSR count). The van der Waals surface area contributed by atoms with Crippen molar-refractivity contribution in [1.29, 1.82) is 0 Å². The predicted molar refractivity (Wildman–Crippen MR) is 29.7 cm³/mol. The van der Waals surface area contributed by atoms with Crippen LogP contribution in [0.4, 0.5) is 5.69 Å². The summed E-state index contributed by atoms with van der Waals surface area (Å²) in [5.74, 6) is 0. The van der Waals surface area contributed by atoms with Gasteiger partial charge < -0.3 is 10.2 Å². The summed E-state index contributed by atoms with van der Waals surface area (Å²) in [6, 6.07) is 0. The van der Waals surface area contributed by atoms with Gasteiger partial charge in [-0.15, -0.1) is 9.73 Å². The molecule has 0 aliphatic carbocycles. The molecule has 2 aromatic heterocycles. The average Bonchev–Trinajstić information content (AvgIpc) is 2.35. The third-order valence-corrected chi connectivity index (χ3v) is 1.06. The fourth-order valence-corrected chi connectivity index (χ4v) is 0.656. The SMILES string of the molecule is Nc1cnn2ncoc12. The first kappa shape index (κ1) is 4.37. The lowest BCUT2D eigenvalue weighted by atomic mass is 10.6. The van der Waals surface area contributed by atoms with Gasteiger partial charge in [0.15, 0.2) is 0 Å². The van der Waals surface area contributed by atoms with Crippen LogP contribution < -0.4 is 5.73 Å². The Labute approximate surface area is 50.1 Å². The number of hydrogen-bond acceptors (Lipinski definition) is 4. The number of nitrogens with two attached hydrogens (primary N) is 1. The van der Waals surface area contributed by atoms with Crippen molar-refractivity contribution in [1.82, 2.24) is 14.8 Å². The zero-order valence-corrected chi connectivity index (χ0v) is 4.48. The quantitative estimate of drug-likeness (QED) is 0.532. The highest BCUT2D eigenvalue weighted by atomic mass is 16.4. The van der Waals surface area contributed by atoms with E-state index in [1.807, 2.05) is 0 Å². The first-order valence-corrected chi connectivity index (χ1v) is 2.41. The summed E-state index contributed by atoms with van der Waals surface area (Å²) >= 11 is 0. The van der Waals surface area contributed by atoms with Crippen molar-refractivity contribution in [3.8, 4) is 0 Å². The Hall–Kier alpha value is -1.52. The Kier molecular flexibility index (Phi) is 0.606. The summed E-state index contributed by atoms with van der Waals surface area (Å²) in [4.78, 5) is 0. The van der Waals surface area contributed by atoms with Gasteiger partial charge in [0.2, 0.25) is 6.39 Å². The van der Waals surface area contributed by atoms with Crippen LogP contribution in [0, 0.1) is 0 Å². The summed E-state index contributed by atoms with van der Waals surface area (Å²) in [7, 11) is 0. The largest absolute Gasteiger partial charge is 0.422 e. The third-order valence-electron chi connectivity index (χ3n) is 1.06. The summed E-state index contributed by atoms with van der Waals surface area (Å²) in [6.07, 6.45) is 2.78. The molecule has 0 aliphatic heterocycles. The number of nitrogen functional groups attached to an aromatic ring is 1. The molecule has 0 radical (unpaired) electrons. The van der Waals surface area contributed by atoms with Crippen LogP contribution in [-0.4, -0.2) is 14.8 Å². The van der Waals surface area contributed by atoms with Crippen molar-refractivity contribution in [3.63, 3.8) is 0 Å². The minimum Gasteiger partial charge on any atom is -0.422 e. The minimum atomic E-state index is 0.495. The van der Waals surface area contributed by atoms with E-state index in [0.29, 0.717) is 11.4 Å². The number of nitrogens with zero attached hydrogens (tertiary/aromatic N) is 3. The first-order valence-electron chi connectivity index (χ1n) is 2.41. The molecule has 0 saturated heterocycles. The van der Waals surface area contributed by atoms with Crippen LogP contribution in [-0.2, 0) is 0 Å². The van der Waals surface area contributed by atoms with Crippen LogP contribution in [0.15, 0.2) is 17.0 Å². The maximum Gasteiger partial charge on any atom is 0.264 e. The molecule has 0 amide bonds. The standard InChI is InChI=1S/C4H4N4O/c5-3-1-6-8-4(3)9-2-7-8/h1-2H,5H2. The van der Waals surface area contributed by atoms with Crippen molar-refractivity contribution in [2.75, 3.05) is 5.73 Å². The second-order valence-electron chi connectivity index (χ2n) is 1.63. The lowest BCUT2D eigenvalue weighted by Gasteiger charge is -1.74. The third kappa shape index (κ3) is 0.426. The van der Waals surface area contributed by atoms with E-state index in [2.05, 4.69) is 10.2 Å². The minimum absolute atomic E-state index is 0.495. The van der Waals surface area contributed by atoms with E-state index in [4.69, 9.17) is 10.2 Å². The van der Waals surface area contributed by atoms with Gasteiger partial charge >= 0.3 is 0 Å². The van der Waals surface area contributed by atoms with Crippen LogP contribution in [0.5, 0.6) is 0 Å². The normalized spacial score (nSPS) is 10.7. The van der Waals surface area contributed by atoms with Gasteiger partial charge in [-0.05, 0) is 0 Å². The molecule has 0 spiro atoms. The van der Waals surface area contributed by atoms with Crippen molar-refractivity contribution in [2.45, 2.75) is 0 Å². The topological polar surface area (TPSA) is 69.3 Å². The van der Waals surface area contributed by atoms with Gasteiger partial charge in [0, 0.05) is 0 Å².